The molecule has 1 N–H and O–H groups in total. The summed E-state index contributed by atoms with van der Waals surface area (Å²) in [6.45, 7) is 2.05. The lowest BCUT2D eigenvalue weighted by Gasteiger charge is -1.99. The highest BCUT2D eigenvalue weighted by molar-refractivity contribution is 6.28. The normalized spacial score (nSPS) is 24.3. The van der Waals surface area contributed by atoms with Gasteiger partial charge in [0.25, 0.3) is 0 Å². The Hall–Kier alpha value is -0.540. The molecule has 1 unspecified atom stereocenters. The first-order valence-electron chi connectivity index (χ1n) is 3.69. The van der Waals surface area contributed by atoms with Gasteiger partial charge < -0.3 is 9.84 Å². The van der Waals surface area contributed by atoms with Crippen molar-refractivity contribution in [1.29, 1.82) is 0 Å². The maximum absolute atomic E-state index is 5.59. The van der Waals surface area contributed by atoms with E-state index in [4.69, 9.17) is 16.1 Å². The first-order valence-corrected chi connectivity index (χ1v) is 4.07. The summed E-state index contributed by atoms with van der Waals surface area (Å²) in [4.78, 5) is 0. The summed E-state index contributed by atoms with van der Waals surface area (Å²) >= 11 is 5.59. The molecule has 1 atom stereocenters. The van der Waals surface area contributed by atoms with E-state index in [0.717, 1.165) is 25.2 Å². The van der Waals surface area contributed by atoms with Gasteiger partial charge in [0.2, 0.25) is 5.22 Å². The van der Waals surface area contributed by atoms with Crippen LogP contribution in [-0.2, 0) is 0 Å². The standard InChI is InChI=1S/C7H9ClN2O/c8-7-3-6(10-11-7)5-1-2-9-4-5/h3,5,9H,1-2,4H2. The summed E-state index contributed by atoms with van der Waals surface area (Å²) in [6.07, 6.45) is 1.13. The van der Waals surface area contributed by atoms with Crippen LogP contribution in [0.25, 0.3) is 0 Å². The first kappa shape index (κ1) is 7.13. The van der Waals surface area contributed by atoms with Gasteiger partial charge in [0, 0.05) is 18.5 Å². The lowest BCUT2D eigenvalue weighted by Crippen LogP contribution is -2.07. The molecule has 1 aliphatic heterocycles. The Morgan fingerprint density at radius 3 is 3.18 bits per heavy atom. The third-order valence-electron chi connectivity index (χ3n) is 1.98. The van der Waals surface area contributed by atoms with Crippen molar-refractivity contribution in [1.82, 2.24) is 10.5 Å². The van der Waals surface area contributed by atoms with Gasteiger partial charge in [-0.1, -0.05) is 5.16 Å². The molecule has 1 aromatic rings. The van der Waals surface area contributed by atoms with Crippen molar-refractivity contribution in [3.05, 3.63) is 17.0 Å². The van der Waals surface area contributed by atoms with E-state index in [1.54, 1.807) is 6.07 Å². The van der Waals surface area contributed by atoms with Gasteiger partial charge in [-0.25, -0.2) is 0 Å². The van der Waals surface area contributed by atoms with E-state index in [0.29, 0.717) is 11.1 Å². The zero-order valence-corrected chi connectivity index (χ0v) is 6.77. The summed E-state index contributed by atoms with van der Waals surface area (Å²) in [5.74, 6) is 0.492. The average Bonchev–Trinajstić information content (AvgIpc) is 2.55. The predicted octanol–water partition coefficient (Wildman–Crippen LogP) is 1.40. The van der Waals surface area contributed by atoms with Crippen LogP contribution in [0.3, 0.4) is 0 Å². The van der Waals surface area contributed by atoms with Crippen LogP contribution in [0.5, 0.6) is 0 Å². The largest absolute Gasteiger partial charge is 0.344 e. The van der Waals surface area contributed by atoms with Gasteiger partial charge in [-0.15, -0.1) is 0 Å². The minimum absolute atomic E-state index is 0.381. The molecule has 0 spiro atoms. The summed E-state index contributed by atoms with van der Waals surface area (Å²) < 4.78 is 4.76. The van der Waals surface area contributed by atoms with Crippen molar-refractivity contribution >= 4 is 11.6 Å². The quantitative estimate of drug-likeness (QED) is 0.696. The smallest absolute Gasteiger partial charge is 0.226 e. The van der Waals surface area contributed by atoms with E-state index in [1.165, 1.54) is 0 Å². The molecule has 0 amide bonds. The molecule has 0 bridgehead atoms. The van der Waals surface area contributed by atoms with E-state index in [2.05, 4.69) is 10.5 Å². The number of hydrogen-bond donors (Lipinski definition) is 1. The van der Waals surface area contributed by atoms with Gasteiger partial charge in [-0.3, -0.25) is 0 Å². The molecule has 2 heterocycles. The van der Waals surface area contributed by atoms with E-state index >= 15 is 0 Å². The van der Waals surface area contributed by atoms with Crippen LogP contribution >= 0.6 is 11.6 Å². The third-order valence-corrected chi connectivity index (χ3v) is 2.16. The highest BCUT2D eigenvalue weighted by Crippen LogP contribution is 2.23. The second-order valence-corrected chi connectivity index (χ2v) is 3.12. The SMILES string of the molecule is Clc1cc(C2CCNC2)no1. The highest BCUT2D eigenvalue weighted by Gasteiger charge is 2.19. The Balaban J connectivity index is 2.15. The van der Waals surface area contributed by atoms with E-state index < -0.39 is 0 Å². The summed E-state index contributed by atoms with van der Waals surface area (Å²) in [5, 5.41) is 7.49. The molecule has 60 valence electrons. The Morgan fingerprint density at radius 1 is 1.73 bits per heavy atom. The summed E-state index contributed by atoms with van der Waals surface area (Å²) in [6, 6.07) is 1.79. The minimum Gasteiger partial charge on any atom is -0.344 e. The summed E-state index contributed by atoms with van der Waals surface area (Å²) in [5.41, 5.74) is 0.972. The number of aromatic nitrogens is 1. The molecule has 0 aliphatic carbocycles. The molecule has 1 aromatic heterocycles. The number of nitrogens with one attached hydrogen (secondary N) is 1. The van der Waals surface area contributed by atoms with Crippen LogP contribution in [0, 0.1) is 0 Å². The third kappa shape index (κ3) is 1.39. The van der Waals surface area contributed by atoms with Gasteiger partial charge in [0.15, 0.2) is 0 Å². The molecule has 2 rings (SSSR count). The molecule has 1 fully saturated rings. The van der Waals surface area contributed by atoms with E-state index in [-0.39, 0.29) is 0 Å². The van der Waals surface area contributed by atoms with Crippen LogP contribution in [-0.4, -0.2) is 18.2 Å². The molecule has 0 radical (unpaired) electrons. The Bertz CT molecular complexity index is 242. The highest BCUT2D eigenvalue weighted by atomic mass is 35.5. The Labute approximate surface area is 69.7 Å². The molecule has 0 aromatic carbocycles. The van der Waals surface area contributed by atoms with Gasteiger partial charge in [0.05, 0.1) is 5.69 Å². The Kier molecular flexibility index (Phi) is 1.84. The van der Waals surface area contributed by atoms with Crippen LogP contribution in [0.2, 0.25) is 5.22 Å². The van der Waals surface area contributed by atoms with Gasteiger partial charge in [-0.05, 0) is 24.6 Å². The predicted molar refractivity (Wildman–Crippen MR) is 41.7 cm³/mol. The van der Waals surface area contributed by atoms with Gasteiger partial charge in [0.1, 0.15) is 0 Å². The molecular formula is C7H9ClN2O. The first-order chi connectivity index (χ1) is 5.36. The molecule has 4 heteroatoms. The average molecular weight is 173 g/mol. The molecule has 1 aliphatic rings. The van der Waals surface area contributed by atoms with Crippen LogP contribution in [0.15, 0.2) is 10.6 Å². The Morgan fingerprint density at radius 2 is 2.64 bits per heavy atom. The molecule has 3 nitrogen and oxygen atoms in total. The maximum Gasteiger partial charge on any atom is 0.226 e. The minimum atomic E-state index is 0.381. The second-order valence-electron chi connectivity index (χ2n) is 2.75. The molecule has 1 saturated heterocycles. The van der Waals surface area contributed by atoms with Crippen molar-refractivity contribution < 1.29 is 4.52 Å². The van der Waals surface area contributed by atoms with Crippen molar-refractivity contribution in [2.24, 2.45) is 0 Å². The zero-order chi connectivity index (χ0) is 7.68. The van der Waals surface area contributed by atoms with E-state index in [1.807, 2.05) is 0 Å². The molecule has 11 heavy (non-hydrogen) atoms. The monoisotopic (exact) mass is 172 g/mol. The van der Waals surface area contributed by atoms with E-state index in [9.17, 15) is 0 Å². The fraction of sp³-hybridized carbons (Fsp3) is 0.571. The van der Waals surface area contributed by atoms with Crippen LogP contribution < -0.4 is 5.32 Å². The fourth-order valence-corrected chi connectivity index (χ4v) is 1.51. The topological polar surface area (TPSA) is 38.1 Å². The van der Waals surface area contributed by atoms with Crippen molar-refractivity contribution in [2.45, 2.75) is 12.3 Å². The summed E-state index contributed by atoms with van der Waals surface area (Å²) in [7, 11) is 0. The maximum atomic E-state index is 5.59. The molecule has 0 saturated carbocycles. The number of nitrogens with zero attached hydrogens (tertiary/aromatic N) is 1. The van der Waals surface area contributed by atoms with Crippen LogP contribution in [0.1, 0.15) is 18.0 Å². The van der Waals surface area contributed by atoms with Crippen LogP contribution in [0.4, 0.5) is 0 Å². The zero-order valence-electron chi connectivity index (χ0n) is 6.01. The number of halogens is 1. The number of hydrogen-bond acceptors (Lipinski definition) is 3. The van der Waals surface area contributed by atoms with Gasteiger partial charge in [-0.2, -0.15) is 0 Å². The second kappa shape index (κ2) is 2.83. The lowest BCUT2D eigenvalue weighted by molar-refractivity contribution is 0.408. The molecular weight excluding hydrogens is 164 g/mol. The fourth-order valence-electron chi connectivity index (χ4n) is 1.36. The number of rotatable bonds is 1. The van der Waals surface area contributed by atoms with Crippen molar-refractivity contribution in [2.75, 3.05) is 13.1 Å². The lowest BCUT2D eigenvalue weighted by atomic mass is 10.1. The van der Waals surface area contributed by atoms with Crippen molar-refractivity contribution in [3.63, 3.8) is 0 Å². The van der Waals surface area contributed by atoms with Gasteiger partial charge >= 0.3 is 0 Å². The van der Waals surface area contributed by atoms with Crippen molar-refractivity contribution in [3.8, 4) is 0 Å².